The van der Waals surface area contributed by atoms with E-state index in [0.717, 1.165) is 5.56 Å². The van der Waals surface area contributed by atoms with Gasteiger partial charge in [-0.05, 0) is 48.3 Å². The maximum absolute atomic E-state index is 12.3. The Labute approximate surface area is 115 Å². The Morgan fingerprint density at radius 2 is 1.95 bits per heavy atom. The summed E-state index contributed by atoms with van der Waals surface area (Å²) in [4.78, 5) is 0. The lowest BCUT2D eigenvalue weighted by atomic mass is 9.97. The van der Waals surface area contributed by atoms with E-state index in [1.807, 2.05) is 0 Å². The summed E-state index contributed by atoms with van der Waals surface area (Å²) >= 11 is 0. The molecule has 1 aromatic rings. The minimum atomic E-state index is -4.67. The van der Waals surface area contributed by atoms with E-state index in [9.17, 15) is 13.2 Å². The monoisotopic (exact) mass is 286 g/mol. The van der Waals surface area contributed by atoms with Gasteiger partial charge in [0.25, 0.3) is 0 Å². The highest BCUT2D eigenvalue weighted by Crippen LogP contribution is 2.62. The molecule has 0 radical (unpaired) electrons. The van der Waals surface area contributed by atoms with Crippen LogP contribution in [0.4, 0.5) is 13.2 Å². The van der Waals surface area contributed by atoms with Gasteiger partial charge in [-0.1, -0.05) is 18.6 Å². The number of hydrogen-bond donors (Lipinski definition) is 2. The average Bonchev–Trinajstić information content (AvgIpc) is 2.83. The maximum atomic E-state index is 12.3. The summed E-state index contributed by atoms with van der Waals surface area (Å²) in [7, 11) is 0. The fraction of sp³-hybridized carbons (Fsp3) is 0.571. The van der Waals surface area contributed by atoms with Crippen molar-refractivity contribution >= 4 is 0 Å². The highest BCUT2D eigenvalue weighted by Gasteiger charge is 2.55. The van der Waals surface area contributed by atoms with Crippen LogP contribution in [-0.2, 0) is 0 Å². The molecule has 110 valence electrons. The number of hydrazine groups is 1. The fourth-order valence-electron chi connectivity index (χ4n) is 3.71. The lowest BCUT2D eigenvalue weighted by Gasteiger charge is -2.19. The Morgan fingerprint density at radius 1 is 1.25 bits per heavy atom. The third-order valence-corrected chi connectivity index (χ3v) is 4.49. The first kappa shape index (κ1) is 13.7. The van der Waals surface area contributed by atoms with E-state index in [0.29, 0.717) is 17.8 Å². The minimum Gasteiger partial charge on any atom is -0.406 e. The molecule has 0 aromatic heterocycles. The van der Waals surface area contributed by atoms with Crippen molar-refractivity contribution in [2.24, 2.45) is 23.6 Å². The van der Waals surface area contributed by atoms with Crippen LogP contribution in [0.1, 0.15) is 30.9 Å². The van der Waals surface area contributed by atoms with Crippen LogP contribution in [0.15, 0.2) is 24.3 Å². The molecular weight excluding hydrogens is 269 g/mol. The van der Waals surface area contributed by atoms with Gasteiger partial charge in [-0.2, -0.15) is 0 Å². The van der Waals surface area contributed by atoms with E-state index in [-0.39, 0.29) is 11.8 Å². The molecule has 0 spiro atoms. The van der Waals surface area contributed by atoms with Crippen molar-refractivity contribution in [3.8, 4) is 5.75 Å². The van der Waals surface area contributed by atoms with E-state index >= 15 is 0 Å². The van der Waals surface area contributed by atoms with Crippen LogP contribution in [-0.4, -0.2) is 6.36 Å². The number of benzene rings is 1. The number of nitrogens with one attached hydrogen (secondary N) is 1. The highest BCUT2D eigenvalue weighted by atomic mass is 19.4. The van der Waals surface area contributed by atoms with Crippen molar-refractivity contribution in [3.05, 3.63) is 29.8 Å². The first-order valence-corrected chi connectivity index (χ1v) is 6.81. The van der Waals surface area contributed by atoms with Gasteiger partial charge >= 0.3 is 6.36 Å². The largest absolute Gasteiger partial charge is 0.573 e. The van der Waals surface area contributed by atoms with Gasteiger partial charge < -0.3 is 4.74 Å². The van der Waals surface area contributed by atoms with Gasteiger partial charge in [0.2, 0.25) is 0 Å². The summed E-state index contributed by atoms with van der Waals surface area (Å²) in [6.07, 6.45) is -1.01. The molecule has 3 N–H and O–H groups in total. The zero-order chi connectivity index (χ0) is 14.3. The van der Waals surface area contributed by atoms with E-state index in [2.05, 4.69) is 10.2 Å². The Balaban J connectivity index is 1.77. The van der Waals surface area contributed by atoms with Gasteiger partial charge in [-0.3, -0.25) is 11.3 Å². The molecule has 3 atom stereocenters. The molecule has 2 aliphatic carbocycles. The molecule has 2 fully saturated rings. The summed E-state index contributed by atoms with van der Waals surface area (Å²) < 4.78 is 40.7. The number of rotatable bonds is 4. The van der Waals surface area contributed by atoms with Crippen molar-refractivity contribution in [3.63, 3.8) is 0 Å². The molecule has 3 nitrogen and oxygen atoms in total. The quantitative estimate of drug-likeness (QED) is 0.660. The number of alkyl halides is 3. The van der Waals surface area contributed by atoms with Crippen molar-refractivity contribution in [2.75, 3.05) is 0 Å². The summed E-state index contributed by atoms with van der Waals surface area (Å²) in [6.45, 7) is 0. The number of fused-ring (bicyclic) bond motifs is 1. The maximum Gasteiger partial charge on any atom is 0.573 e. The smallest absolute Gasteiger partial charge is 0.406 e. The predicted octanol–water partition coefficient (Wildman–Crippen LogP) is 3.14. The average molecular weight is 286 g/mol. The van der Waals surface area contributed by atoms with Crippen molar-refractivity contribution in [1.82, 2.24) is 5.43 Å². The van der Waals surface area contributed by atoms with Crippen LogP contribution in [0.5, 0.6) is 5.75 Å². The Bertz CT molecular complexity index is 482. The van der Waals surface area contributed by atoms with Crippen LogP contribution in [0.3, 0.4) is 0 Å². The SMILES string of the molecule is NNC(c1cccc(OC(F)(F)F)c1)C1C2CCCC21. The van der Waals surface area contributed by atoms with Crippen molar-refractivity contribution < 1.29 is 17.9 Å². The van der Waals surface area contributed by atoms with Gasteiger partial charge in [0.15, 0.2) is 0 Å². The van der Waals surface area contributed by atoms with Gasteiger partial charge in [0.05, 0.1) is 0 Å². The second kappa shape index (κ2) is 4.93. The molecule has 3 unspecified atom stereocenters. The standard InChI is InChI=1S/C14H17F3N2O/c15-14(16,17)20-9-4-1-3-8(7-9)13(19-18)12-10-5-2-6-11(10)12/h1,3-4,7,10-13,19H,2,5-6,18H2. The van der Waals surface area contributed by atoms with E-state index in [1.165, 1.54) is 31.4 Å². The molecule has 0 aliphatic heterocycles. The normalized spacial score (nSPS) is 29.9. The zero-order valence-electron chi connectivity index (χ0n) is 10.9. The summed E-state index contributed by atoms with van der Waals surface area (Å²) in [5.74, 6) is 7.20. The molecule has 2 saturated carbocycles. The van der Waals surface area contributed by atoms with Crippen LogP contribution in [0.2, 0.25) is 0 Å². The van der Waals surface area contributed by atoms with Crippen LogP contribution in [0, 0.1) is 17.8 Å². The lowest BCUT2D eigenvalue weighted by Crippen LogP contribution is -2.30. The fourth-order valence-corrected chi connectivity index (χ4v) is 3.71. The Kier molecular flexibility index (Phi) is 3.38. The summed E-state index contributed by atoms with van der Waals surface area (Å²) in [5.41, 5.74) is 3.52. The molecule has 1 aromatic carbocycles. The summed E-state index contributed by atoms with van der Waals surface area (Å²) in [6, 6.07) is 5.99. The predicted molar refractivity (Wildman–Crippen MR) is 67.5 cm³/mol. The second-order valence-electron chi connectivity index (χ2n) is 5.60. The molecule has 0 amide bonds. The Morgan fingerprint density at radius 3 is 2.55 bits per heavy atom. The Hall–Kier alpha value is -1.27. The number of hydrogen-bond acceptors (Lipinski definition) is 3. The van der Waals surface area contributed by atoms with Crippen LogP contribution in [0.25, 0.3) is 0 Å². The topological polar surface area (TPSA) is 47.3 Å². The lowest BCUT2D eigenvalue weighted by molar-refractivity contribution is -0.274. The van der Waals surface area contributed by atoms with Crippen molar-refractivity contribution in [1.29, 1.82) is 0 Å². The molecule has 0 heterocycles. The first-order chi connectivity index (χ1) is 9.49. The first-order valence-electron chi connectivity index (χ1n) is 6.81. The minimum absolute atomic E-state index is 0.0953. The van der Waals surface area contributed by atoms with Gasteiger partial charge in [-0.15, -0.1) is 13.2 Å². The van der Waals surface area contributed by atoms with E-state index in [4.69, 9.17) is 5.84 Å². The molecule has 0 saturated heterocycles. The summed E-state index contributed by atoms with van der Waals surface area (Å²) in [5, 5.41) is 0. The molecular formula is C14H17F3N2O. The van der Waals surface area contributed by atoms with E-state index < -0.39 is 6.36 Å². The molecule has 0 bridgehead atoms. The second-order valence-corrected chi connectivity index (χ2v) is 5.60. The van der Waals surface area contributed by atoms with Crippen LogP contribution >= 0.6 is 0 Å². The van der Waals surface area contributed by atoms with Gasteiger partial charge in [0.1, 0.15) is 5.75 Å². The number of halogens is 3. The third-order valence-electron chi connectivity index (χ3n) is 4.49. The zero-order valence-corrected chi connectivity index (χ0v) is 10.9. The van der Waals surface area contributed by atoms with Crippen LogP contribution < -0.4 is 16.0 Å². The van der Waals surface area contributed by atoms with Gasteiger partial charge in [0, 0.05) is 6.04 Å². The molecule has 6 heteroatoms. The molecule has 20 heavy (non-hydrogen) atoms. The third kappa shape index (κ3) is 2.62. The van der Waals surface area contributed by atoms with E-state index in [1.54, 1.807) is 12.1 Å². The molecule has 2 aliphatic rings. The molecule has 3 rings (SSSR count). The van der Waals surface area contributed by atoms with Crippen molar-refractivity contribution in [2.45, 2.75) is 31.7 Å². The number of ether oxygens (including phenoxy) is 1. The number of nitrogens with two attached hydrogens (primary N) is 1. The highest BCUT2D eigenvalue weighted by molar-refractivity contribution is 5.32. The van der Waals surface area contributed by atoms with Gasteiger partial charge in [-0.25, -0.2) is 0 Å².